The molecule has 1 saturated heterocycles. The van der Waals surface area contributed by atoms with Gasteiger partial charge in [-0.15, -0.1) is 0 Å². The molecule has 3 heteroatoms. The van der Waals surface area contributed by atoms with Crippen molar-refractivity contribution in [2.24, 2.45) is 5.92 Å². The van der Waals surface area contributed by atoms with E-state index in [1.165, 1.54) is 38.8 Å². The molecule has 0 radical (unpaired) electrons. The zero-order valence-corrected chi connectivity index (χ0v) is 11.2. The number of hydrogen-bond donors (Lipinski definition) is 1. The lowest BCUT2D eigenvalue weighted by molar-refractivity contribution is 0.120. The molecular formula is C14H25N3. The molecular weight excluding hydrogens is 210 g/mol. The Bertz CT molecular complexity index is 296. The van der Waals surface area contributed by atoms with Gasteiger partial charge in [0.2, 0.25) is 0 Å². The van der Waals surface area contributed by atoms with Crippen LogP contribution in [-0.4, -0.2) is 36.6 Å². The molecule has 3 unspecified atom stereocenters. The number of hydrogen-bond acceptors (Lipinski definition) is 3. The van der Waals surface area contributed by atoms with E-state index in [1.807, 2.05) is 7.05 Å². The van der Waals surface area contributed by atoms with Gasteiger partial charge in [0.05, 0.1) is 6.07 Å². The summed E-state index contributed by atoms with van der Waals surface area (Å²) in [5.41, 5.74) is -0.246. The maximum atomic E-state index is 9.30. The first kappa shape index (κ1) is 12.9. The van der Waals surface area contributed by atoms with Crippen molar-refractivity contribution in [3.8, 4) is 6.07 Å². The average molecular weight is 235 g/mol. The van der Waals surface area contributed by atoms with Gasteiger partial charge in [0.15, 0.2) is 0 Å². The van der Waals surface area contributed by atoms with E-state index in [-0.39, 0.29) is 5.54 Å². The van der Waals surface area contributed by atoms with Gasteiger partial charge in [-0.3, -0.25) is 0 Å². The van der Waals surface area contributed by atoms with E-state index in [0.717, 1.165) is 18.8 Å². The lowest BCUT2D eigenvalue weighted by Gasteiger charge is -2.37. The maximum Gasteiger partial charge on any atom is 0.108 e. The highest BCUT2D eigenvalue weighted by Crippen LogP contribution is 2.34. The van der Waals surface area contributed by atoms with Crippen LogP contribution in [0.4, 0.5) is 0 Å². The molecule has 2 rings (SSSR count). The Labute approximate surface area is 105 Å². The molecule has 1 N–H and O–H groups in total. The van der Waals surface area contributed by atoms with E-state index in [0.29, 0.717) is 6.04 Å². The van der Waals surface area contributed by atoms with Gasteiger partial charge in [0.1, 0.15) is 5.54 Å². The summed E-state index contributed by atoms with van der Waals surface area (Å²) in [6, 6.07) is 3.12. The van der Waals surface area contributed by atoms with Crippen molar-refractivity contribution in [3.05, 3.63) is 0 Å². The second-order valence-corrected chi connectivity index (χ2v) is 5.75. The summed E-state index contributed by atoms with van der Waals surface area (Å²) in [6.45, 7) is 4.80. The molecule has 3 atom stereocenters. The first-order chi connectivity index (χ1) is 8.23. The van der Waals surface area contributed by atoms with Gasteiger partial charge >= 0.3 is 0 Å². The fourth-order valence-electron chi connectivity index (χ4n) is 3.48. The molecule has 3 nitrogen and oxygen atoms in total. The third-order valence-corrected chi connectivity index (χ3v) is 4.83. The van der Waals surface area contributed by atoms with Crippen LogP contribution in [0.25, 0.3) is 0 Å². The molecule has 1 saturated carbocycles. The lowest BCUT2D eigenvalue weighted by Crippen LogP contribution is -2.45. The first-order valence-corrected chi connectivity index (χ1v) is 7.07. The van der Waals surface area contributed by atoms with Crippen LogP contribution in [0.15, 0.2) is 0 Å². The Hall–Kier alpha value is -0.590. The van der Waals surface area contributed by atoms with Gasteiger partial charge in [0, 0.05) is 12.6 Å². The summed E-state index contributed by atoms with van der Waals surface area (Å²) in [7, 11) is 1.93. The zero-order valence-electron chi connectivity index (χ0n) is 11.2. The fourth-order valence-corrected chi connectivity index (χ4v) is 3.48. The standard InChI is InChI=1S/C14H25N3/c1-3-12-5-4-8-17(10-12)13-6-7-14(9-13,11-15)16-2/h12-13,16H,3-10H2,1-2H3. The highest BCUT2D eigenvalue weighted by Gasteiger charge is 2.41. The molecule has 17 heavy (non-hydrogen) atoms. The quantitative estimate of drug-likeness (QED) is 0.814. The van der Waals surface area contributed by atoms with Gasteiger partial charge < -0.3 is 10.2 Å². The van der Waals surface area contributed by atoms with E-state index in [1.54, 1.807) is 0 Å². The van der Waals surface area contributed by atoms with Crippen molar-refractivity contribution >= 4 is 0 Å². The summed E-state index contributed by atoms with van der Waals surface area (Å²) in [6.07, 6.45) is 7.25. The number of likely N-dealkylation sites (tertiary alicyclic amines) is 1. The zero-order chi connectivity index (χ0) is 12.3. The molecule has 0 aromatic carbocycles. The van der Waals surface area contributed by atoms with Crippen molar-refractivity contribution in [1.29, 1.82) is 5.26 Å². The van der Waals surface area contributed by atoms with Crippen LogP contribution < -0.4 is 5.32 Å². The van der Waals surface area contributed by atoms with Gasteiger partial charge in [-0.1, -0.05) is 13.3 Å². The van der Waals surface area contributed by atoms with Crippen molar-refractivity contribution < 1.29 is 0 Å². The average Bonchev–Trinajstić information content (AvgIpc) is 2.84. The molecule has 1 heterocycles. The highest BCUT2D eigenvalue weighted by atomic mass is 15.2. The SMILES string of the molecule is CCC1CCCN(C2CCC(C#N)(NC)C2)C1. The molecule has 0 aromatic heterocycles. The van der Waals surface area contributed by atoms with Gasteiger partial charge in [-0.05, 0) is 51.6 Å². The van der Waals surface area contributed by atoms with E-state index >= 15 is 0 Å². The number of rotatable bonds is 3. The van der Waals surface area contributed by atoms with Crippen LogP contribution in [0.2, 0.25) is 0 Å². The summed E-state index contributed by atoms with van der Waals surface area (Å²) >= 11 is 0. The van der Waals surface area contributed by atoms with Crippen LogP contribution in [-0.2, 0) is 0 Å². The summed E-state index contributed by atoms with van der Waals surface area (Å²) in [5.74, 6) is 0.885. The van der Waals surface area contributed by atoms with Crippen LogP contribution in [0.3, 0.4) is 0 Å². The Balaban J connectivity index is 1.94. The topological polar surface area (TPSA) is 39.1 Å². The monoisotopic (exact) mass is 235 g/mol. The van der Waals surface area contributed by atoms with Crippen LogP contribution >= 0.6 is 0 Å². The molecule has 2 aliphatic rings. The predicted molar refractivity (Wildman–Crippen MR) is 69.6 cm³/mol. The van der Waals surface area contributed by atoms with E-state index in [2.05, 4.69) is 23.2 Å². The van der Waals surface area contributed by atoms with Crippen LogP contribution in [0.1, 0.15) is 45.4 Å². The Morgan fingerprint density at radius 1 is 1.47 bits per heavy atom. The summed E-state index contributed by atoms with van der Waals surface area (Å²) in [5, 5.41) is 12.5. The summed E-state index contributed by atoms with van der Waals surface area (Å²) in [4.78, 5) is 2.65. The van der Waals surface area contributed by atoms with Crippen molar-refractivity contribution in [3.63, 3.8) is 0 Å². The molecule has 1 aliphatic carbocycles. The lowest BCUT2D eigenvalue weighted by atomic mass is 9.93. The Kier molecular flexibility index (Phi) is 4.06. The van der Waals surface area contributed by atoms with Crippen molar-refractivity contribution in [2.75, 3.05) is 20.1 Å². The van der Waals surface area contributed by atoms with E-state index < -0.39 is 0 Å². The predicted octanol–water partition coefficient (Wildman–Crippen LogP) is 2.14. The minimum atomic E-state index is -0.246. The molecule has 96 valence electrons. The number of nitriles is 1. The molecule has 0 spiro atoms. The number of nitrogens with zero attached hydrogens (tertiary/aromatic N) is 2. The van der Waals surface area contributed by atoms with Crippen molar-refractivity contribution in [1.82, 2.24) is 10.2 Å². The van der Waals surface area contributed by atoms with Crippen LogP contribution in [0, 0.1) is 17.2 Å². The third-order valence-electron chi connectivity index (χ3n) is 4.83. The summed E-state index contributed by atoms with van der Waals surface area (Å²) < 4.78 is 0. The minimum Gasteiger partial charge on any atom is -0.302 e. The molecule has 0 bridgehead atoms. The molecule has 0 aromatic rings. The Morgan fingerprint density at radius 2 is 2.29 bits per heavy atom. The van der Waals surface area contributed by atoms with Crippen LogP contribution in [0.5, 0.6) is 0 Å². The Morgan fingerprint density at radius 3 is 2.88 bits per heavy atom. The van der Waals surface area contributed by atoms with E-state index in [9.17, 15) is 5.26 Å². The molecule has 1 aliphatic heterocycles. The fraction of sp³-hybridized carbons (Fsp3) is 0.929. The third kappa shape index (κ3) is 2.64. The van der Waals surface area contributed by atoms with Gasteiger partial charge in [-0.25, -0.2) is 0 Å². The van der Waals surface area contributed by atoms with Crippen molar-refractivity contribution in [2.45, 2.75) is 57.0 Å². The maximum absolute atomic E-state index is 9.30. The molecule has 0 amide bonds. The highest BCUT2D eigenvalue weighted by molar-refractivity contribution is 5.13. The second kappa shape index (κ2) is 5.37. The molecule has 2 fully saturated rings. The largest absolute Gasteiger partial charge is 0.302 e. The van der Waals surface area contributed by atoms with Gasteiger partial charge in [0.25, 0.3) is 0 Å². The number of nitrogens with one attached hydrogen (secondary N) is 1. The first-order valence-electron chi connectivity index (χ1n) is 7.07. The second-order valence-electron chi connectivity index (χ2n) is 5.75. The van der Waals surface area contributed by atoms with Gasteiger partial charge in [-0.2, -0.15) is 5.26 Å². The minimum absolute atomic E-state index is 0.246. The smallest absolute Gasteiger partial charge is 0.108 e. The van der Waals surface area contributed by atoms with E-state index in [4.69, 9.17) is 0 Å². The number of piperidine rings is 1. The normalized spacial score (nSPS) is 39.1.